The van der Waals surface area contributed by atoms with E-state index in [1.165, 1.54) is 30.2 Å². The minimum atomic E-state index is 0.253. The first-order valence-corrected chi connectivity index (χ1v) is 7.49. The van der Waals surface area contributed by atoms with E-state index in [-0.39, 0.29) is 5.78 Å². The molecule has 0 unspecified atom stereocenters. The van der Waals surface area contributed by atoms with Crippen LogP contribution in [0.5, 0.6) is 0 Å². The Morgan fingerprint density at radius 1 is 1.00 bits per heavy atom. The second-order valence-electron chi connectivity index (χ2n) is 5.74. The zero-order chi connectivity index (χ0) is 13.9. The van der Waals surface area contributed by atoms with Crippen molar-refractivity contribution < 1.29 is 4.79 Å². The lowest BCUT2D eigenvalue weighted by Crippen LogP contribution is -2.34. The van der Waals surface area contributed by atoms with Crippen molar-refractivity contribution in [3.8, 4) is 0 Å². The Balaban J connectivity index is 1.89. The Hall–Kier alpha value is -1.67. The molecule has 2 aromatic rings. The first kappa shape index (κ1) is 13.3. The largest absolute Gasteiger partial charge is 0.296 e. The van der Waals surface area contributed by atoms with E-state index in [9.17, 15) is 4.79 Å². The number of likely N-dealkylation sites (tertiary alicyclic amines) is 1. The number of rotatable bonds is 3. The zero-order valence-corrected chi connectivity index (χ0v) is 12.1. The number of fused-ring (bicyclic) bond motifs is 1. The van der Waals surface area contributed by atoms with E-state index >= 15 is 0 Å². The predicted octanol–water partition coefficient (Wildman–Crippen LogP) is 3.82. The SMILES string of the molecule is Cc1ccc(C(=O)CN2CCCCC2)c2ccccc12. The third-order valence-corrected chi connectivity index (χ3v) is 4.26. The number of hydrogen-bond donors (Lipinski definition) is 0. The molecule has 1 aliphatic heterocycles. The smallest absolute Gasteiger partial charge is 0.177 e. The summed E-state index contributed by atoms with van der Waals surface area (Å²) >= 11 is 0. The number of benzene rings is 2. The second-order valence-corrected chi connectivity index (χ2v) is 5.74. The van der Waals surface area contributed by atoms with Crippen LogP contribution < -0.4 is 0 Å². The number of carbonyl (C=O) groups is 1. The van der Waals surface area contributed by atoms with Gasteiger partial charge in [-0.1, -0.05) is 42.8 Å². The van der Waals surface area contributed by atoms with Gasteiger partial charge in [0.2, 0.25) is 0 Å². The summed E-state index contributed by atoms with van der Waals surface area (Å²) in [6.45, 7) is 4.79. The fourth-order valence-electron chi connectivity index (χ4n) is 3.10. The third kappa shape index (κ3) is 2.61. The standard InChI is InChI=1S/C18H21NO/c1-14-9-10-17(16-8-4-3-7-15(14)16)18(20)13-19-11-5-2-6-12-19/h3-4,7-10H,2,5-6,11-13H2,1H3. The van der Waals surface area contributed by atoms with Gasteiger partial charge in [-0.05, 0) is 49.2 Å². The topological polar surface area (TPSA) is 20.3 Å². The molecular weight excluding hydrogens is 246 g/mol. The van der Waals surface area contributed by atoms with Crippen molar-refractivity contribution in [2.24, 2.45) is 0 Å². The highest BCUT2D eigenvalue weighted by Crippen LogP contribution is 2.23. The van der Waals surface area contributed by atoms with E-state index in [1.54, 1.807) is 0 Å². The van der Waals surface area contributed by atoms with E-state index in [2.05, 4.69) is 30.0 Å². The molecule has 0 N–H and O–H groups in total. The molecule has 0 saturated carbocycles. The maximum Gasteiger partial charge on any atom is 0.177 e. The van der Waals surface area contributed by atoms with Gasteiger partial charge in [-0.25, -0.2) is 0 Å². The van der Waals surface area contributed by atoms with E-state index in [1.807, 2.05) is 18.2 Å². The normalized spacial score (nSPS) is 16.4. The summed E-state index contributed by atoms with van der Waals surface area (Å²) in [6, 6.07) is 12.3. The van der Waals surface area contributed by atoms with Crippen LogP contribution in [0.3, 0.4) is 0 Å². The highest BCUT2D eigenvalue weighted by molar-refractivity contribution is 6.09. The molecule has 0 bridgehead atoms. The maximum atomic E-state index is 12.6. The molecular formula is C18H21NO. The maximum absolute atomic E-state index is 12.6. The summed E-state index contributed by atoms with van der Waals surface area (Å²) in [5.41, 5.74) is 2.10. The Morgan fingerprint density at radius 2 is 1.70 bits per heavy atom. The average Bonchev–Trinajstić information content (AvgIpc) is 2.49. The van der Waals surface area contributed by atoms with Crippen LogP contribution >= 0.6 is 0 Å². The molecule has 0 aliphatic carbocycles. The van der Waals surface area contributed by atoms with Crippen LogP contribution in [-0.2, 0) is 0 Å². The fourth-order valence-corrected chi connectivity index (χ4v) is 3.10. The number of ketones is 1. The Kier molecular flexibility index (Phi) is 3.83. The van der Waals surface area contributed by atoms with Crippen LogP contribution in [0.1, 0.15) is 35.2 Å². The van der Waals surface area contributed by atoms with E-state index < -0.39 is 0 Å². The Morgan fingerprint density at radius 3 is 2.45 bits per heavy atom. The molecule has 1 aliphatic rings. The number of nitrogens with zero attached hydrogens (tertiary/aromatic N) is 1. The van der Waals surface area contributed by atoms with Gasteiger partial charge in [0, 0.05) is 5.56 Å². The van der Waals surface area contributed by atoms with Crippen LogP contribution in [0.2, 0.25) is 0 Å². The lowest BCUT2D eigenvalue weighted by Gasteiger charge is -2.25. The molecule has 2 nitrogen and oxygen atoms in total. The first-order valence-electron chi connectivity index (χ1n) is 7.49. The molecule has 104 valence electrons. The molecule has 1 fully saturated rings. The zero-order valence-electron chi connectivity index (χ0n) is 12.1. The lowest BCUT2D eigenvalue weighted by molar-refractivity contribution is 0.0917. The quantitative estimate of drug-likeness (QED) is 0.788. The van der Waals surface area contributed by atoms with E-state index in [4.69, 9.17) is 0 Å². The molecule has 20 heavy (non-hydrogen) atoms. The first-order chi connectivity index (χ1) is 9.75. The van der Waals surface area contributed by atoms with Gasteiger partial charge in [0.15, 0.2) is 5.78 Å². The van der Waals surface area contributed by atoms with Crippen molar-refractivity contribution in [1.82, 2.24) is 4.90 Å². The van der Waals surface area contributed by atoms with Crippen molar-refractivity contribution in [2.45, 2.75) is 26.2 Å². The average molecular weight is 267 g/mol. The van der Waals surface area contributed by atoms with Crippen molar-refractivity contribution in [3.05, 3.63) is 47.5 Å². The third-order valence-electron chi connectivity index (χ3n) is 4.26. The highest BCUT2D eigenvalue weighted by atomic mass is 16.1. The number of Topliss-reactive ketones (excluding diaryl/α,β-unsaturated/α-hetero) is 1. The molecule has 0 radical (unpaired) electrons. The van der Waals surface area contributed by atoms with Crippen LogP contribution in [0.25, 0.3) is 10.8 Å². The van der Waals surface area contributed by atoms with Gasteiger partial charge in [0.1, 0.15) is 0 Å². The van der Waals surface area contributed by atoms with Crippen molar-refractivity contribution in [1.29, 1.82) is 0 Å². The van der Waals surface area contributed by atoms with Gasteiger partial charge in [0.25, 0.3) is 0 Å². The second kappa shape index (κ2) is 5.76. The summed E-state index contributed by atoms with van der Waals surface area (Å²) < 4.78 is 0. The molecule has 0 spiro atoms. The van der Waals surface area contributed by atoms with Gasteiger partial charge in [-0.2, -0.15) is 0 Å². The highest BCUT2D eigenvalue weighted by Gasteiger charge is 2.17. The van der Waals surface area contributed by atoms with Crippen LogP contribution in [0.4, 0.5) is 0 Å². The molecule has 1 saturated heterocycles. The minimum Gasteiger partial charge on any atom is -0.296 e. The van der Waals surface area contributed by atoms with Crippen molar-refractivity contribution >= 4 is 16.6 Å². The summed E-state index contributed by atoms with van der Waals surface area (Å²) in [6.07, 6.45) is 3.75. The molecule has 0 amide bonds. The summed E-state index contributed by atoms with van der Waals surface area (Å²) in [7, 11) is 0. The number of piperidine rings is 1. The fraction of sp³-hybridized carbons (Fsp3) is 0.389. The van der Waals surface area contributed by atoms with Gasteiger partial charge in [0.05, 0.1) is 6.54 Å². The van der Waals surface area contributed by atoms with Gasteiger partial charge in [-0.3, -0.25) is 9.69 Å². The van der Waals surface area contributed by atoms with Crippen LogP contribution in [-0.4, -0.2) is 30.3 Å². The van der Waals surface area contributed by atoms with Crippen molar-refractivity contribution in [3.63, 3.8) is 0 Å². The Labute approximate surface area is 120 Å². The summed E-state index contributed by atoms with van der Waals surface area (Å²) in [5.74, 6) is 0.253. The lowest BCUT2D eigenvalue weighted by atomic mass is 9.97. The van der Waals surface area contributed by atoms with Gasteiger partial charge < -0.3 is 0 Å². The van der Waals surface area contributed by atoms with Gasteiger partial charge >= 0.3 is 0 Å². The summed E-state index contributed by atoms with van der Waals surface area (Å²) in [5, 5.41) is 2.28. The molecule has 2 aromatic carbocycles. The summed E-state index contributed by atoms with van der Waals surface area (Å²) in [4.78, 5) is 14.9. The number of aryl methyl sites for hydroxylation is 1. The van der Waals surface area contributed by atoms with E-state index in [0.717, 1.165) is 24.0 Å². The van der Waals surface area contributed by atoms with Crippen molar-refractivity contribution in [2.75, 3.05) is 19.6 Å². The van der Waals surface area contributed by atoms with Crippen LogP contribution in [0.15, 0.2) is 36.4 Å². The number of carbonyl (C=O) groups excluding carboxylic acids is 1. The predicted molar refractivity (Wildman–Crippen MR) is 83.3 cm³/mol. The molecule has 2 heteroatoms. The molecule has 0 atom stereocenters. The molecule has 1 heterocycles. The molecule has 0 aromatic heterocycles. The Bertz CT molecular complexity index is 626. The van der Waals surface area contributed by atoms with Crippen LogP contribution in [0, 0.1) is 6.92 Å². The molecule has 3 rings (SSSR count). The van der Waals surface area contributed by atoms with E-state index in [0.29, 0.717) is 6.54 Å². The minimum absolute atomic E-state index is 0.253. The monoisotopic (exact) mass is 267 g/mol. The van der Waals surface area contributed by atoms with Gasteiger partial charge in [-0.15, -0.1) is 0 Å². The number of hydrogen-bond acceptors (Lipinski definition) is 2.